The molecule has 1 atom stereocenters. The van der Waals surface area contributed by atoms with Crippen LogP contribution in [-0.2, 0) is 14.6 Å². The van der Waals surface area contributed by atoms with Crippen molar-refractivity contribution in [1.82, 2.24) is 4.90 Å². The monoisotopic (exact) mass is 349 g/mol. The number of rotatable bonds is 4. The van der Waals surface area contributed by atoms with Crippen LogP contribution in [0.2, 0.25) is 0 Å². The fourth-order valence-electron chi connectivity index (χ4n) is 4.55. The van der Waals surface area contributed by atoms with Gasteiger partial charge in [-0.15, -0.1) is 0 Å². The molecule has 1 amide bonds. The highest BCUT2D eigenvalue weighted by atomic mass is 32.2. The third kappa shape index (κ3) is 3.23. The fourth-order valence-corrected chi connectivity index (χ4v) is 5.99. The SMILES string of the molecule is CC(C)(CS(C)(=O)=O)C(=O)N1C[C@H](c2ccccc2)C2(CCC2)C1. The summed E-state index contributed by atoms with van der Waals surface area (Å²) < 4.78 is 23.4. The van der Waals surface area contributed by atoms with E-state index in [1.54, 1.807) is 13.8 Å². The van der Waals surface area contributed by atoms with Crippen molar-refractivity contribution in [2.75, 3.05) is 25.1 Å². The zero-order valence-electron chi connectivity index (χ0n) is 14.8. The number of benzene rings is 1. The van der Waals surface area contributed by atoms with Gasteiger partial charge in [0, 0.05) is 25.3 Å². The summed E-state index contributed by atoms with van der Waals surface area (Å²) >= 11 is 0. The van der Waals surface area contributed by atoms with E-state index in [0.717, 1.165) is 19.4 Å². The number of carbonyl (C=O) groups excluding carboxylic acids is 1. The maximum Gasteiger partial charge on any atom is 0.229 e. The van der Waals surface area contributed by atoms with Gasteiger partial charge in [0.15, 0.2) is 0 Å². The van der Waals surface area contributed by atoms with Crippen LogP contribution in [0.25, 0.3) is 0 Å². The summed E-state index contributed by atoms with van der Waals surface area (Å²) in [5.74, 6) is 0.237. The van der Waals surface area contributed by atoms with Gasteiger partial charge in [-0.3, -0.25) is 4.79 Å². The number of hydrogen-bond donors (Lipinski definition) is 0. The van der Waals surface area contributed by atoms with Crippen molar-refractivity contribution in [2.24, 2.45) is 10.8 Å². The second-order valence-corrected chi connectivity index (χ2v) is 10.5. The van der Waals surface area contributed by atoms with Gasteiger partial charge in [0.1, 0.15) is 9.84 Å². The van der Waals surface area contributed by atoms with Crippen LogP contribution in [0.5, 0.6) is 0 Å². The highest BCUT2D eigenvalue weighted by molar-refractivity contribution is 7.90. The van der Waals surface area contributed by atoms with Gasteiger partial charge in [0.05, 0.1) is 11.2 Å². The van der Waals surface area contributed by atoms with Gasteiger partial charge in [0.2, 0.25) is 5.91 Å². The molecule has 0 radical (unpaired) electrons. The number of hydrogen-bond acceptors (Lipinski definition) is 3. The van der Waals surface area contributed by atoms with E-state index in [1.165, 1.54) is 18.2 Å². The number of amides is 1. The largest absolute Gasteiger partial charge is 0.341 e. The first-order valence-corrected chi connectivity index (χ1v) is 10.7. The Balaban J connectivity index is 1.83. The van der Waals surface area contributed by atoms with Crippen LogP contribution in [-0.4, -0.2) is 44.3 Å². The zero-order valence-corrected chi connectivity index (χ0v) is 15.6. The Hall–Kier alpha value is -1.36. The standard InChI is InChI=1S/C19H27NO3S/c1-18(2,14-24(3,22)23)17(21)20-12-16(15-8-5-4-6-9-15)19(13-20)10-7-11-19/h4-6,8-9,16H,7,10-14H2,1-3H3/t16-/m1/s1. The molecule has 1 aromatic rings. The molecule has 0 unspecified atom stereocenters. The van der Waals surface area contributed by atoms with E-state index in [4.69, 9.17) is 0 Å². The Kier molecular flexibility index (Phi) is 4.27. The molecule has 2 aliphatic rings. The van der Waals surface area contributed by atoms with Crippen LogP contribution in [0, 0.1) is 10.8 Å². The smallest absolute Gasteiger partial charge is 0.229 e. The van der Waals surface area contributed by atoms with Crippen molar-refractivity contribution in [3.8, 4) is 0 Å². The minimum absolute atomic E-state index is 0.0300. The minimum atomic E-state index is -3.19. The third-order valence-electron chi connectivity index (χ3n) is 5.69. The van der Waals surface area contributed by atoms with Crippen molar-refractivity contribution < 1.29 is 13.2 Å². The summed E-state index contributed by atoms with van der Waals surface area (Å²) in [6.45, 7) is 4.97. The summed E-state index contributed by atoms with van der Waals surface area (Å²) in [6.07, 6.45) is 4.73. The highest BCUT2D eigenvalue weighted by Crippen LogP contribution is 2.56. The lowest BCUT2D eigenvalue weighted by molar-refractivity contribution is -0.138. The molecule has 1 aliphatic carbocycles. The number of carbonyl (C=O) groups is 1. The Morgan fingerprint density at radius 1 is 1.25 bits per heavy atom. The van der Waals surface area contributed by atoms with Crippen molar-refractivity contribution in [2.45, 2.75) is 39.0 Å². The molecule has 24 heavy (non-hydrogen) atoms. The van der Waals surface area contributed by atoms with E-state index in [2.05, 4.69) is 24.3 Å². The third-order valence-corrected chi connectivity index (χ3v) is 6.93. The van der Waals surface area contributed by atoms with Crippen LogP contribution < -0.4 is 0 Å². The summed E-state index contributed by atoms with van der Waals surface area (Å²) in [4.78, 5) is 14.9. The van der Waals surface area contributed by atoms with Gasteiger partial charge >= 0.3 is 0 Å². The first-order chi connectivity index (χ1) is 11.1. The molecule has 0 N–H and O–H groups in total. The lowest BCUT2D eigenvalue weighted by Gasteiger charge is -2.43. The van der Waals surface area contributed by atoms with Gasteiger partial charge in [-0.2, -0.15) is 0 Å². The van der Waals surface area contributed by atoms with Crippen molar-refractivity contribution in [3.05, 3.63) is 35.9 Å². The molecule has 2 fully saturated rings. The van der Waals surface area contributed by atoms with Crippen molar-refractivity contribution in [1.29, 1.82) is 0 Å². The minimum Gasteiger partial charge on any atom is -0.341 e. The Morgan fingerprint density at radius 2 is 1.88 bits per heavy atom. The number of sulfone groups is 1. The molecule has 1 aromatic carbocycles. The molecule has 5 heteroatoms. The molecule has 132 valence electrons. The average molecular weight is 349 g/mol. The molecule has 0 bridgehead atoms. The normalized spacial score (nSPS) is 23.3. The van der Waals surface area contributed by atoms with Crippen molar-refractivity contribution in [3.63, 3.8) is 0 Å². The van der Waals surface area contributed by atoms with Crippen LogP contribution in [0.4, 0.5) is 0 Å². The van der Waals surface area contributed by atoms with E-state index in [-0.39, 0.29) is 17.1 Å². The van der Waals surface area contributed by atoms with Gasteiger partial charge in [-0.25, -0.2) is 8.42 Å². The quantitative estimate of drug-likeness (QED) is 0.840. The number of nitrogens with zero attached hydrogens (tertiary/aromatic N) is 1. The zero-order chi connectivity index (χ0) is 17.6. The van der Waals surface area contributed by atoms with E-state index >= 15 is 0 Å². The fraction of sp³-hybridized carbons (Fsp3) is 0.632. The van der Waals surface area contributed by atoms with Crippen LogP contribution >= 0.6 is 0 Å². The predicted octanol–water partition coefficient (Wildman–Crippen LogP) is 2.85. The lowest BCUT2D eigenvalue weighted by Crippen LogP contribution is -2.44. The molecule has 4 nitrogen and oxygen atoms in total. The molecule has 1 saturated carbocycles. The van der Waals surface area contributed by atoms with Crippen LogP contribution in [0.15, 0.2) is 30.3 Å². The van der Waals surface area contributed by atoms with E-state index < -0.39 is 15.3 Å². The first kappa shape index (κ1) is 17.5. The Labute approximate surface area is 145 Å². The molecular formula is C19H27NO3S. The second-order valence-electron chi connectivity index (χ2n) is 8.32. The predicted molar refractivity (Wildman–Crippen MR) is 95.5 cm³/mol. The van der Waals surface area contributed by atoms with E-state index in [9.17, 15) is 13.2 Å². The second kappa shape index (κ2) is 5.87. The summed E-state index contributed by atoms with van der Waals surface area (Å²) in [5, 5.41) is 0. The lowest BCUT2D eigenvalue weighted by atomic mass is 9.61. The molecule has 1 saturated heterocycles. The maximum atomic E-state index is 13.0. The Morgan fingerprint density at radius 3 is 2.38 bits per heavy atom. The molecule has 3 rings (SSSR count). The summed E-state index contributed by atoms with van der Waals surface area (Å²) in [7, 11) is -3.19. The molecular weight excluding hydrogens is 322 g/mol. The van der Waals surface area contributed by atoms with Gasteiger partial charge in [-0.05, 0) is 23.8 Å². The van der Waals surface area contributed by atoms with Gasteiger partial charge in [0.25, 0.3) is 0 Å². The first-order valence-electron chi connectivity index (χ1n) is 8.65. The molecule has 0 aromatic heterocycles. The van der Waals surface area contributed by atoms with Gasteiger partial charge in [-0.1, -0.05) is 50.6 Å². The van der Waals surface area contributed by atoms with Crippen LogP contribution in [0.3, 0.4) is 0 Å². The number of likely N-dealkylation sites (tertiary alicyclic amines) is 1. The van der Waals surface area contributed by atoms with E-state index in [1.807, 2.05) is 11.0 Å². The highest BCUT2D eigenvalue weighted by Gasteiger charge is 2.53. The summed E-state index contributed by atoms with van der Waals surface area (Å²) in [6, 6.07) is 10.4. The Bertz CT molecular complexity index is 720. The van der Waals surface area contributed by atoms with E-state index in [0.29, 0.717) is 12.5 Å². The molecule has 1 heterocycles. The average Bonchev–Trinajstić information content (AvgIpc) is 2.85. The van der Waals surface area contributed by atoms with Crippen molar-refractivity contribution >= 4 is 15.7 Å². The molecule has 1 aliphatic heterocycles. The topological polar surface area (TPSA) is 54.5 Å². The molecule has 1 spiro atoms. The van der Waals surface area contributed by atoms with Crippen LogP contribution in [0.1, 0.15) is 44.6 Å². The maximum absolute atomic E-state index is 13.0. The van der Waals surface area contributed by atoms with Gasteiger partial charge < -0.3 is 4.90 Å². The summed E-state index contributed by atoms with van der Waals surface area (Å²) in [5.41, 5.74) is 0.621.